The lowest BCUT2D eigenvalue weighted by molar-refractivity contribution is -0.143. The zero-order chi connectivity index (χ0) is 24.0. The molecule has 3 rings (SSSR count). The second kappa shape index (κ2) is 7.85. The second-order valence-electron chi connectivity index (χ2n) is 6.95. The van der Waals surface area contributed by atoms with Gasteiger partial charge >= 0.3 is 24.3 Å². The number of halogens is 6. The summed E-state index contributed by atoms with van der Waals surface area (Å²) in [6.45, 7) is 7.10. The summed E-state index contributed by atoms with van der Waals surface area (Å²) in [7, 11) is 0. The molecule has 10 heteroatoms. The molecule has 2 aromatic rings. The van der Waals surface area contributed by atoms with E-state index in [0.29, 0.717) is 22.3 Å². The van der Waals surface area contributed by atoms with Crippen molar-refractivity contribution in [3.8, 4) is 22.6 Å². The van der Waals surface area contributed by atoms with Crippen molar-refractivity contribution in [3.05, 3.63) is 71.8 Å². The fraction of sp³-hybridized carbons (Fsp3) is 0.182. The van der Waals surface area contributed by atoms with Crippen molar-refractivity contribution in [2.75, 3.05) is 0 Å². The number of rotatable bonds is 4. The molecule has 32 heavy (non-hydrogen) atoms. The van der Waals surface area contributed by atoms with Crippen LogP contribution in [0.15, 0.2) is 60.7 Å². The largest absolute Gasteiger partial charge is 0.423 e. The zero-order valence-electron chi connectivity index (χ0n) is 16.4. The van der Waals surface area contributed by atoms with E-state index in [1.165, 1.54) is 36.4 Å². The van der Waals surface area contributed by atoms with E-state index >= 15 is 0 Å². The van der Waals surface area contributed by atoms with Crippen molar-refractivity contribution >= 4 is 11.9 Å². The monoisotopic (exact) mass is 456 g/mol. The van der Waals surface area contributed by atoms with E-state index in [2.05, 4.69) is 13.2 Å². The Hall–Kier alpha value is -3.56. The molecule has 0 saturated heterocycles. The van der Waals surface area contributed by atoms with Gasteiger partial charge in [0.15, 0.2) is 0 Å². The fourth-order valence-corrected chi connectivity index (χ4v) is 3.15. The smallest absolute Gasteiger partial charge is 0.422 e. The minimum atomic E-state index is -4.93. The van der Waals surface area contributed by atoms with Crippen molar-refractivity contribution in [1.82, 2.24) is 0 Å². The maximum absolute atomic E-state index is 12.6. The Balaban J connectivity index is 1.83. The molecule has 4 nitrogen and oxygen atoms in total. The number of carbonyl (C=O) groups excluding carboxylic acids is 2. The summed E-state index contributed by atoms with van der Waals surface area (Å²) in [5.74, 6) is -3.92. The summed E-state index contributed by atoms with van der Waals surface area (Å²) in [5.41, 5.74) is -0.737. The molecular formula is C22H14F6O4. The van der Waals surface area contributed by atoms with Crippen molar-refractivity contribution in [2.24, 2.45) is 0 Å². The first kappa shape index (κ1) is 23.1. The fourth-order valence-electron chi connectivity index (χ4n) is 3.15. The quantitative estimate of drug-likeness (QED) is 0.250. The van der Waals surface area contributed by atoms with Crippen LogP contribution in [-0.2, 0) is 9.59 Å². The summed E-state index contributed by atoms with van der Waals surface area (Å²) in [6, 6.07) is 8.46. The normalized spacial score (nSPS) is 13.2. The van der Waals surface area contributed by atoms with Gasteiger partial charge in [-0.15, -0.1) is 0 Å². The number of ether oxygens (including phenoxy) is 2. The molecule has 0 fully saturated rings. The molecule has 0 heterocycles. The molecule has 2 aromatic carbocycles. The summed E-state index contributed by atoms with van der Waals surface area (Å²) in [5, 5.41) is 0. The van der Waals surface area contributed by atoms with Gasteiger partial charge in [-0.3, -0.25) is 0 Å². The molecular weight excluding hydrogens is 442 g/mol. The maximum atomic E-state index is 12.6. The SMILES string of the molecule is C=C(C(=O)Oc1ccc2c(c1)C(C)c1cc(OC(=O)C(=C)C(F)(F)F)ccc1-2)C(F)(F)F. The molecule has 0 atom stereocenters. The highest BCUT2D eigenvalue weighted by molar-refractivity contribution is 5.92. The highest BCUT2D eigenvalue weighted by atomic mass is 19.4. The van der Waals surface area contributed by atoms with Crippen LogP contribution in [0.2, 0.25) is 0 Å². The van der Waals surface area contributed by atoms with E-state index < -0.39 is 35.4 Å². The number of esters is 2. The maximum Gasteiger partial charge on any atom is 0.422 e. The molecule has 0 aliphatic heterocycles. The third-order valence-electron chi connectivity index (χ3n) is 4.87. The van der Waals surface area contributed by atoms with Crippen molar-refractivity contribution in [2.45, 2.75) is 25.2 Å². The third kappa shape index (κ3) is 4.39. The van der Waals surface area contributed by atoms with Gasteiger partial charge in [-0.25, -0.2) is 9.59 Å². The number of benzene rings is 2. The predicted molar refractivity (Wildman–Crippen MR) is 101 cm³/mol. The highest BCUT2D eigenvalue weighted by Gasteiger charge is 2.39. The number of carbonyl (C=O) groups is 2. The van der Waals surface area contributed by atoms with Crippen molar-refractivity contribution in [1.29, 1.82) is 0 Å². The van der Waals surface area contributed by atoms with Gasteiger partial charge in [0.1, 0.15) is 22.6 Å². The standard InChI is InChI=1S/C22H14F6O4/c1-10-17-8-13(31-19(29)11(2)21(23,24)25)4-6-15(17)16-7-5-14(9-18(10)16)32-20(30)12(3)22(26,27)28/h4-10H,2-3H2,1H3. The molecule has 168 valence electrons. The molecule has 0 unspecified atom stereocenters. The van der Waals surface area contributed by atoms with Gasteiger partial charge < -0.3 is 9.47 Å². The van der Waals surface area contributed by atoms with Gasteiger partial charge in [0.2, 0.25) is 0 Å². The topological polar surface area (TPSA) is 52.6 Å². The average Bonchev–Trinajstić information content (AvgIpc) is 2.96. The van der Waals surface area contributed by atoms with Crippen LogP contribution in [0.4, 0.5) is 26.3 Å². The van der Waals surface area contributed by atoms with Gasteiger partial charge in [-0.1, -0.05) is 32.2 Å². The van der Waals surface area contributed by atoms with Crippen molar-refractivity contribution in [3.63, 3.8) is 0 Å². The van der Waals surface area contributed by atoms with E-state index in [9.17, 15) is 35.9 Å². The van der Waals surface area contributed by atoms with E-state index in [1.807, 2.05) is 0 Å². The molecule has 0 bridgehead atoms. The molecule has 0 N–H and O–H groups in total. The Morgan fingerprint density at radius 3 is 1.41 bits per heavy atom. The first-order valence-corrected chi connectivity index (χ1v) is 8.95. The molecule has 0 spiro atoms. The Morgan fingerprint density at radius 2 is 1.09 bits per heavy atom. The Labute approximate surface area is 177 Å². The van der Waals surface area contributed by atoms with Crippen LogP contribution in [0.3, 0.4) is 0 Å². The average molecular weight is 456 g/mol. The second-order valence-corrected chi connectivity index (χ2v) is 6.95. The van der Waals surface area contributed by atoms with Crippen LogP contribution >= 0.6 is 0 Å². The Morgan fingerprint density at radius 1 is 0.750 bits per heavy atom. The lowest BCUT2D eigenvalue weighted by Gasteiger charge is -2.12. The van der Waals surface area contributed by atoms with Crippen molar-refractivity contribution < 1.29 is 45.4 Å². The van der Waals surface area contributed by atoms with E-state index in [-0.39, 0.29) is 17.4 Å². The molecule has 1 aliphatic rings. The van der Waals surface area contributed by atoms with Crippen LogP contribution in [0, 0.1) is 0 Å². The third-order valence-corrected chi connectivity index (χ3v) is 4.87. The summed E-state index contributed by atoms with van der Waals surface area (Å²) >= 11 is 0. The Kier molecular flexibility index (Phi) is 5.67. The molecule has 0 saturated carbocycles. The summed E-state index contributed by atoms with van der Waals surface area (Å²) < 4.78 is 85.1. The number of hydrogen-bond donors (Lipinski definition) is 0. The molecule has 0 aromatic heterocycles. The van der Waals surface area contributed by atoms with Crippen LogP contribution in [-0.4, -0.2) is 24.3 Å². The van der Waals surface area contributed by atoms with Gasteiger partial charge in [0, 0.05) is 5.92 Å². The molecule has 0 radical (unpaired) electrons. The van der Waals surface area contributed by atoms with E-state index in [1.54, 1.807) is 6.92 Å². The predicted octanol–water partition coefficient (Wildman–Crippen LogP) is 5.87. The van der Waals surface area contributed by atoms with Gasteiger partial charge in [0.05, 0.1) is 0 Å². The highest BCUT2D eigenvalue weighted by Crippen LogP contribution is 2.47. The molecule has 1 aliphatic carbocycles. The zero-order valence-corrected chi connectivity index (χ0v) is 16.4. The van der Waals surface area contributed by atoms with Crippen LogP contribution in [0.25, 0.3) is 11.1 Å². The number of hydrogen-bond acceptors (Lipinski definition) is 4. The minimum Gasteiger partial charge on any atom is -0.423 e. The lowest BCUT2D eigenvalue weighted by atomic mass is 9.99. The van der Waals surface area contributed by atoms with Crippen LogP contribution in [0.1, 0.15) is 24.0 Å². The van der Waals surface area contributed by atoms with Gasteiger partial charge in [-0.05, 0) is 46.5 Å². The van der Waals surface area contributed by atoms with E-state index in [0.717, 1.165) is 0 Å². The number of alkyl halides is 6. The Bertz CT molecular complexity index is 1050. The first-order chi connectivity index (χ1) is 14.7. The first-order valence-electron chi connectivity index (χ1n) is 8.95. The van der Waals surface area contributed by atoms with E-state index in [4.69, 9.17) is 9.47 Å². The summed E-state index contributed by atoms with van der Waals surface area (Å²) in [6.07, 6.45) is -9.86. The lowest BCUT2D eigenvalue weighted by Crippen LogP contribution is -2.23. The summed E-state index contributed by atoms with van der Waals surface area (Å²) in [4.78, 5) is 23.3. The number of fused-ring (bicyclic) bond motifs is 3. The van der Waals surface area contributed by atoms with Gasteiger partial charge in [0.25, 0.3) is 0 Å². The minimum absolute atomic E-state index is 0.132. The van der Waals surface area contributed by atoms with Crippen LogP contribution in [0.5, 0.6) is 11.5 Å². The van der Waals surface area contributed by atoms with Gasteiger partial charge in [-0.2, -0.15) is 26.3 Å². The molecule has 0 amide bonds. The van der Waals surface area contributed by atoms with Crippen LogP contribution < -0.4 is 9.47 Å².